The number of fused-ring (bicyclic) bond motifs is 1. The summed E-state index contributed by atoms with van der Waals surface area (Å²) in [5.41, 5.74) is 2.60. The Labute approximate surface area is 133 Å². The summed E-state index contributed by atoms with van der Waals surface area (Å²) in [5, 5.41) is 0. The molecule has 2 aromatic rings. The van der Waals surface area contributed by atoms with Crippen molar-refractivity contribution in [3.63, 3.8) is 0 Å². The van der Waals surface area contributed by atoms with Gasteiger partial charge in [0.2, 0.25) is 0 Å². The van der Waals surface area contributed by atoms with Gasteiger partial charge in [0.15, 0.2) is 0 Å². The highest BCUT2D eigenvalue weighted by atomic mass is 16.7. The molecule has 1 aromatic carbocycles. The zero-order valence-electron chi connectivity index (χ0n) is 14.4. The third-order valence-corrected chi connectivity index (χ3v) is 4.94. The van der Waals surface area contributed by atoms with Crippen LogP contribution in [0.1, 0.15) is 46.9 Å². The fourth-order valence-corrected chi connectivity index (χ4v) is 2.90. The van der Waals surface area contributed by atoms with Crippen LogP contribution >= 0.6 is 0 Å². The number of aryl methyl sites for hydroxylation is 2. The highest BCUT2D eigenvalue weighted by molar-refractivity contribution is 6.62. The SMILES string of the molecule is CCCn1c(C)nc2cc(B3OC(C)(C)C(C)(C)O3)ccc21. The minimum atomic E-state index is -0.328. The topological polar surface area (TPSA) is 36.3 Å². The van der Waals surface area contributed by atoms with Gasteiger partial charge >= 0.3 is 7.12 Å². The number of hydrogen-bond acceptors (Lipinski definition) is 3. The Kier molecular flexibility index (Phi) is 3.61. The van der Waals surface area contributed by atoms with Crippen molar-refractivity contribution in [2.75, 3.05) is 0 Å². The van der Waals surface area contributed by atoms with Gasteiger partial charge in [-0.1, -0.05) is 13.0 Å². The molecule has 2 heterocycles. The van der Waals surface area contributed by atoms with E-state index in [0.29, 0.717) is 0 Å². The predicted octanol–water partition coefficient (Wildman–Crippen LogP) is 3.05. The van der Waals surface area contributed by atoms with E-state index in [0.717, 1.165) is 29.8 Å². The molecule has 118 valence electrons. The minimum Gasteiger partial charge on any atom is -0.399 e. The number of nitrogens with zero attached hydrogens (tertiary/aromatic N) is 2. The molecule has 0 N–H and O–H groups in total. The molecule has 0 amide bonds. The Balaban J connectivity index is 1.97. The maximum Gasteiger partial charge on any atom is 0.494 e. The first-order valence-corrected chi connectivity index (χ1v) is 8.07. The van der Waals surface area contributed by atoms with Gasteiger partial charge in [-0.3, -0.25) is 0 Å². The average Bonchev–Trinajstić information content (AvgIpc) is 2.84. The normalized spacial score (nSPS) is 20.0. The lowest BCUT2D eigenvalue weighted by Gasteiger charge is -2.32. The fraction of sp³-hybridized carbons (Fsp3) is 0.588. The third kappa shape index (κ3) is 2.36. The molecule has 0 saturated carbocycles. The molecular weight excluding hydrogens is 275 g/mol. The zero-order valence-corrected chi connectivity index (χ0v) is 14.4. The fourth-order valence-electron chi connectivity index (χ4n) is 2.90. The number of aromatic nitrogens is 2. The lowest BCUT2D eigenvalue weighted by molar-refractivity contribution is 0.00578. The average molecular weight is 300 g/mol. The van der Waals surface area contributed by atoms with Gasteiger partial charge in [0.1, 0.15) is 5.82 Å². The summed E-state index contributed by atoms with van der Waals surface area (Å²) >= 11 is 0. The molecule has 0 aliphatic carbocycles. The standard InChI is InChI=1S/C17H25BN2O2/c1-7-10-20-12(2)19-14-11-13(8-9-15(14)20)18-21-16(3,4)17(5,6)22-18/h8-9,11H,7,10H2,1-6H3. The predicted molar refractivity (Wildman–Crippen MR) is 90.5 cm³/mol. The molecule has 0 spiro atoms. The Morgan fingerprint density at radius 3 is 2.36 bits per heavy atom. The molecule has 0 unspecified atom stereocenters. The summed E-state index contributed by atoms with van der Waals surface area (Å²) in [6.45, 7) is 13.5. The van der Waals surface area contributed by atoms with Gasteiger partial charge in [0.25, 0.3) is 0 Å². The Morgan fingerprint density at radius 1 is 1.14 bits per heavy atom. The van der Waals surface area contributed by atoms with Crippen molar-refractivity contribution in [3.8, 4) is 0 Å². The molecule has 4 nitrogen and oxygen atoms in total. The molecule has 0 bridgehead atoms. The monoisotopic (exact) mass is 300 g/mol. The first-order valence-electron chi connectivity index (χ1n) is 8.07. The first-order chi connectivity index (χ1) is 10.2. The number of benzene rings is 1. The lowest BCUT2D eigenvalue weighted by atomic mass is 9.79. The van der Waals surface area contributed by atoms with Crippen molar-refractivity contribution in [1.82, 2.24) is 9.55 Å². The molecule has 3 rings (SSSR count). The van der Waals surface area contributed by atoms with Crippen LogP contribution in [0.4, 0.5) is 0 Å². The summed E-state index contributed by atoms with van der Waals surface area (Å²) in [5.74, 6) is 1.06. The Morgan fingerprint density at radius 2 is 1.77 bits per heavy atom. The van der Waals surface area contributed by atoms with E-state index in [1.807, 2.05) is 0 Å². The van der Waals surface area contributed by atoms with Gasteiger partial charge in [0, 0.05) is 6.54 Å². The van der Waals surface area contributed by atoms with Crippen LogP contribution in [0, 0.1) is 6.92 Å². The van der Waals surface area contributed by atoms with Crippen molar-refractivity contribution >= 4 is 23.6 Å². The van der Waals surface area contributed by atoms with Crippen LogP contribution < -0.4 is 5.46 Å². The third-order valence-electron chi connectivity index (χ3n) is 4.94. The van der Waals surface area contributed by atoms with Crippen molar-refractivity contribution < 1.29 is 9.31 Å². The van der Waals surface area contributed by atoms with E-state index in [-0.39, 0.29) is 18.3 Å². The summed E-state index contributed by atoms with van der Waals surface area (Å²) in [7, 11) is -0.328. The van der Waals surface area contributed by atoms with Crippen LogP contribution in [-0.4, -0.2) is 27.9 Å². The molecule has 1 aliphatic rings. The minimum absolute atomic E-state index is 0.315. The quantitative estimate of drug-likeness (QED) is 0.817. The molecule has 0 atom stereocenters. The number of hydrogen-bond donors (Lipinski definition) is 0. The second-order valence-electron chi connectivity index (χ2n) is 7.15. The maximum atomic E-state index is 6.13. The second kappa shape index (κ2) is 5.10. The van der Waals surface area contributed by atoms with Crippen molar-refractivity contribution in [2.24, 2.45) is 0 Å². The van der Waals surface area contributed by atoms with E-state index in [1.54, 1.807) is 0 Å². The van der Waals surface area contributed by atoms with Crippen LogP contribution in [0.2, 0.25) is 0 Å². The van der Waals surface area contributed by atoms with Gasteiger partial charge < -0.3 is 13.9 Å². The first kappa shape index (κ1) is 15.6. The molecule has 5 heteroatoms. The van der Waals surface area contributed by atoms with Crippen LogP contribution in [-0.2, 0) is 15.9 Å². The van der Waals surface area contributed by atoms with E-state index in [4.69, 9.17) is 9.31 Å². The zero-order chi connectivity index (χ0) is 16.1. The Hall–Kier alpha value is -1.33. The van der Waals surface area contributed by atoms with Crippen molar-refractivity contribution in [2.45, 2.75) is 65.7 Å². The van der Waals surface area contributed by atoms with Gasteiger partial charge in [-0.05, 0) is 58.6 Å². The Bertz CT molecular complexity index is 690. The summed E-state index contributed by atoms with van der Waals surface area (Å²) in [6.07, 6.45) is 1.10. The number of imidazole rings is 1. The van der Waals surface area contributed by atoms with Crippen molar-refractivity contribution in [3.05, 3.63) is 24.0 Å². The summed E-state index contributed by atoms with van der Waals surface area (Å²) in [6, 6.07) is 6.32. The number of rotatable bonds is 3. The smallest absolute Gasteiger partial charge is 0.399 e. The van der Waals surface area contributed by atoms with Crippen LogP contribution in [0.3, 0.4) is 0 Å². The maximum absolute atomic E-state index is 6.13. The van der Waals surface area contributed by atoms with Gasteiger partial charge in [-0.2, -0.15) is 0 Å². The van der Waals surface area contributed by atoms with Gasteiger partial charge in [0.05, 0.1) is 22.2 Å². The molecule has 1 saturated heterocycles. The highest BCUT2D eigenvalue weighted by Crippen LogP contribution is 2.36. The van der Waals surface area contributed by atoms with Crippen LogP contribution in [0.5, 0.6) is 0 Å². The highest BCUT2D eigenvalue weighted by Gasteiger charge is 2.51. The second-order valence-corrected chi connectivity index (χ2v) is 7.15. The lowest BCUT2D eigenvalue weighted by Crippen LogP contribution is -2.41. The van der Waals surface area contributed by atoms with Crippen molar-refractivity contribution in [1.29, 1.82) is 0 Å². The van der Waals surface area contributed by atoms with Gasteiger partial charge in [-0.25, -0.2) is 4.98 Å². The summed E-state index contributed by atoms with van der Waals surface area (Å²) in [4.78, 5) is 4.69. The van der Waals surface area contributed by atoms with E-state index >= 15 is 0 Å². The van der Waals surface area contributed by atoms with E-state index in [1.165, 1.54) is 5.52 Å². The van der Waals surface area contributed by atoms with E-state index in [2.05, 4.69) is 69.3 Å². The molecule has 1 aliphatic heterocycles. The van der Waals surface area contributed by atoms with Gasteiger partial charge in [-0.15, -0.1) is 0 Å². The van der Waals surface area contributed by atoms with E-state index in [9.17, 15) is 0 Å². The molecule has 1 aromatic heterocycles. The summed E-state index contributed by atoms with van der Waals surface area (Å²) < 4.78 is 14.5. The molecular formula is C17H25BN2O2. The molecule has 0 radical (unpaired) electrons. The largest absolute Gasteiger partial charge is 0.494 e. The van der Waals surface area contributed by atoms with Crippen LogP contribution in [0.25, 0.3) is 11.0 Å². The molecule has 1 fully saturated rings. The van der Waals surface area contributed by atoms with E-state index < -0.39 is 0 Å². The molecule has 22 heavy (non-hydrogen) atoms. The van der Waals surface area contributed by atoms with Crippen LogP contribution in [0.15, 0.2) is 18.2 Å².